The first-order valence-electron chi connectivity index (χ1n) is 12.5. The van der Waals surface area contributed by atoms with Gasteiger partial charge in [0, 0.05) is 40.3 Å². The smallest absolute Gasteiger partial charge is 0.332 e. The molecule has 0 radical (unpaired) electrons. The SMILES string of the molecule is Cc1cccc(Cn2c(N3CCN(CC(=O)Nc4ccccc4Cl)CC3)nc3c2c(=O)n(C)c(=O)n3C)c1. The van der Waals surface area contributed by atoms with Crippen LogP contribution in [0.3, 0.4) is 0 Å². The quantitative estimate of drug-likeness (QED) is 0.406. The van der Waals surface area contributed by atoms with Crippen molar-refractivity contribution in [1.29, 1.82) is 0 Å². The number of hydrogen-bond donors (Lipinski definition) is 1. The Morgan fingerprint density at radius 1 is 1.00 bits per heavy atom. The molecule has 10 nitrogen and oxygen atoms in total. The Balaban J connectivity index is 1.40. The Bertz CT molecular complexity index is 1630. The minimum absolute atomic E-state index is 0.128. The standard InChI is InChI=1S/C27H30ClN7O3/c1-18-7-6-8-19(15-18)16-35-23-24(31(2)27(38)32(3)25(23)37)30-26(35)34-13-11-33(12-14-34)17-22(36)29-21-10-5-4-9-20(21)28/h4-10,15H,11-14,16-17H2,1-3H3,(H,29,36). The molecule has 1 aliphatic heterocycles. The monoisotopic (exact) mass is 535 g/mol. The third-order valence-corrected chi connectivity index (χ3v) is 7.25. The summed E-state index contributed by atoms with van der Waals surface area (Å²) < 4.78 is 4.45. The molecule has 0 aliphatic carbocycles. The van der Waals surface area contributed by atoms with Crippen molar-refractivity contribution >= 4 is 40.3 Å². The second-order valence-electron chi connectivity index (χ2n) is 9.66. The number of carbonyl (C=O) groups excluding carboxylic acids is 1. The fourth-order valence-electron chi connectivity index (χ4n) is 4.88. The Hall–Kier alpha value is -3.89. The lowest BCUT2D eigenvalue weighted by molar-refractivity contribution is -0.117. The lowest BCUT2D eigenvalue weighted by Gasteiger charge is -2.35. The maximum Gasteiger partial charge on any atom is 0.332 e. The number of carbonyl (C=O) groups is 1. The first-order chi connectivity index (χ1) is 18.2. The highest BCUT2D eigenvalue weighted by molar-refractivity contribution is 6.33. The van der Waals surface area contributed by atoms with Crippen LogP contribution in [0.15, 0.2) is 58.1 Å². The summed E-state index contributed by atoms with van der Waals surface area (Å²) in [6.45, 7) is 5.23. The van der Waals surface area contributed by atoms with Crippen molar-refractivity contribution in [3.63, 3.8) is 0 Å². The molecule has 0 bridgehead atoms. The van der Waals surface area contributed by atoms with Crippen molar-refractivity contribution in [2.24, 2.45) is 14.1 Å². The molecule has 38 heavy (non-hydrogen) atoms. The molecule has 198 valence electrons. The van der Waals surface area contributed by atoms with E-state index < -0.39 is 5.69 Å². The molecule has 11 heteroatoms. The summed E-state index contributed by atoms with van der Waals surface area (Å²) in [6.07, 6.45) is 0. The summed E-state index contributed by atoms with van der Waals surface area (Å²) in [6, 6.07) is 15.3. The first kappa shape index (κ1) is 25.7. The van der Waals surface area contributed by atoms with Gasteiger partial charge in [0.05, 0.1) is 23.8 Å². The van der Waals surface area contributed by atoms with E-state index in [0.717, 1.165) is 15.7 Å². The molecule has 2 aromatic heterocycles. The van der Waals surface area contributed by atoms with Gasteiger partial charge in [-0.05, 0) is 24.6 Å². The number of para-hydroxylation sites is 1. The van der Waals surface area contributed by atoms with Gasteiger partial charge in [-0.25, -0.2) is 4.79 Å². The summed E-state index contributed by atoms with van der Waals surface area (Å²) >= 11 is 6.17. The van der Waals surface area contributed by atoms with Gasteiger partial charge in [0.25, 0.3) is 5.56 Å². The second-order valence-corrected chi connectivity index (χ2v) is 10.1. The van der Waals surface area contributed by atoms with Crippen LogP contribution in [0.5, 0.6) is 0 Å². The van der Waals surface area contributed by atoms with Gasteiger partial charge in [0.15, 0.2) is 11.2 Å². The molecule has 1 aliphatic rings. The summed E-state index contributed by atoms with van der Waals surface area (Å²) in [5.74, 6) is 0.511. The van der Waals surface area contributed by atoms with Gasteiger partial charge in [-0.2, -0.15) is 4.98 Å². The highest BCUT2D eigenvalue weighted by Crippen LogP contribution is 2.24. The zero-order valence-electron chi connectivity index (χ0n) is 21.6. The molecule has 1 N–H and O–H groups in total. The number of hydrogen-bond acceptors (Lipinski definition) is 6. The van der Waals surface area contributed by atoms with Crippen molar-refractivity contribution in [3.8, 4) is 0 Å². The number of imidazole rings is 1. The van der Waals surface area contributed by atoms with Crippen LogP contribution in [0.1, 0.15) is 11.1 Å². The van der Waals surface area contributed by atoms with Crippen molar-refractivity contribution in [1.82, 2.24) is 23.6 Å². The van der Waals surface area contributed by atoms with E-state index in [1.165, 1.54) is 11.6 Å². The van der Waals surface area contributed by atoms with Crippen molar-refractivity contribution in [3.05, 3.63) is 85.5 Å². The molecular weight excluding hydrogens is 506 g/mol. The summed E-state index contributed by atoms with van der Waals surface area (Å²) in [5, 5.41) is 3.37. The maximum atomic E-state index is 13.2. The number of aromatic nitrogens is 4. The van der Waals surface area contributed by atoms with Gasteiger partial charge in [-0.3, -0.25) is 28.2 Å². The number of nitrogens with one attached hydrogen (secondary N) is 1. The van der Waals surface area contributed by atoms with E-state index in [9.17, 15) is 14.4 Å². The minimum atomic E-state index is -0.413. The molecule has 0 unspecified atom stereocenters. The molecule has 1 fully saturated rings. The fourth-order valence-corrected chi connectivity index (χ4v) is 5.06. The molecule has 2 aromatic carbocycles. The average Bonchev–Trinajstić information content (AvgIpc) is 3.27. The summed E-state index contributed by atoms with van der Waals surface area (Å²) in [4.78, 5) is 47.4. The highest BCUT2D eigenvalue weighted by atomic mass is 35.5. The Morgan fingerprint density at radius 3 is 2.45 bits per heavy atom. The Morgan fingerprint density at radius 2 is 1.74 bits per heavy atom. The van der Waals surface area contributed by atoms with Crippen LogP contribution in [-0.4, -0.2) is 62.2 Å². The fraction of sp³-hybridized carbons (Fsp3) is 0.333. The van der Waals surface area contributed by atoms with E-state index in [-0.39, 0.29) is 18.0 Å². The molecule has 1 amide bonds. The maximum absolute atomic E-state index is 13.2. The normalized spacial score (nSPS) is 14.3. The van der Waals surface area contributed by atoms with Crippen LogP contribution < -0.4 is 21.5 Å². The van der Waals surface area contributed by atoms with Crippen LogP contribution in [0, 0.1) is 6.92 Å². The second kappa shape index (κ2) is 10.5. The number of rotatable bonds is 6. The number of amides is 1. The molecule has 0 spiro atoms. The summed E-state index contributed by atoms with van der Waals surface area (Å²) in [5.41, 5.74) is 2.73. The van der Waals surface area contributed by atoms with Crippen LogP contribution in [0.4, 0.5) is 11.6 Å². The molecule has 0 atom stereocenters. The number of benzene rings is 2. The third kappa shape index (κ3) is 4.97. The lowest BCUT2D eigenvalue weighted by atomic mass is 10.1. The van der Waals surface area contributed by atoms with E-state index >= 15 is 0 Å². The molecule has 1 saturated heterocycles. The van der Waals surface area contributed by atoms with Crippen molar-refractivity contribution < 1.29 is 4.79 Å². The topological polar surface area (TPSA) is 97.4 Å². The molecule has 3 heterocycles. The highest BCUT2D eigenvalue weighted by Gasteiger charge is 2.26. The van der Waals surface area contributed by atoms with Crippen LogP contribution in [-0.2, 0) is 25.4 Å². The Kier molecular flexibility index (Phi) is 7.09. The number of fused-ring (bicyclic) bond motifs is 1. The largest absolute Gasteiger partial charge is 0.340 e. The van der Waals surface area contributed by atoms with Gasteiger partial charge in [0.2, 0.25) is 11.9 Å². The van der Waals surface area contributed by atoms with Gasteiger partial charge >= 0.3 is 5.69 Å². The van der Waals surface area contributed by atoms with E-state index in [1.807, 2.05) is 41.8 Å². The van der Waals surface area contributed by atoms with Crippen LogP contribution in [0.25, 0.3) is 11.2 Å². The van der Waals surface area contributed by atoms with Crippen molar-refractivity contribution in [2.45, 2.75) is 13.5 Å². The zero-order valence-corrected chi connectivity index (χ0v) is 22.4. The third-order valence-electron chi connectivity index (χ3n) is 6.92. The summed E-state index contributed by atoms with van der Waals surface area (Å²) in [7, 11) is 3.12. The van der Waals surface area contributed by atoms with Crippen molar-refractivity contribution in [2.75, 3.05) is 42.9 Å². The van der Waals surface area contributed by atoms with E-state index in [1.54, 1.807) is 19.2 Å². The van der Waals surface area contributed by atoms with Gasteiger partial charge in [0.1, 0.15) is 0 Å². The number of anilines is 2. The number of aryl methyl sites for hydroxylation is 2. The number of halogens is 1. The van der Waals surface area contributed by atoms with E-state index in [4.69, 9.17) is 16.6 Å². The zero-order chi connectivity index (χ0) is 27.0. The predicted molar refractivity (Wildman–Crippen MR) is 149 cm³/mol. The van der Waals surface area contributed by atoms with Gasteiger partial charge in [-0.1, -0.05) is 53.6 Å². The van der Waals surface area contributed by atoms with E-state index in [0.29, 0.717) is 60.5 Å². The molecule has 4 aromatic rings. The lowest BCUT2D eigenvalue weighted by Crippen LogP contribution is -2.49. The first-order valence-corrected chi connectivity index (χ1v) is 12.8. The molecule has 5 rings (SSSR count). The number of nitrogens with zero attached hydrogens (tertiary/aromatic N) is 6. The van der Waals surface area contributed by atoms with Crippen LogP contribution in [0.2, 0.25) is 5.02 Å². The average molecular weight is 536 g/mol. The van der Waals surface area contributed by atoms with Crippen LogP contribution >= 0.6 is 11.6 Å². The minimum Gasteiger partial charge on any atom is -0.340 e. The predicted octanol–water partition coefficient (Wildman–Crippen LogP) is 2.20. The molecule has 0 saturated carbocycles. The van der Waals surface area contributed by atoms with E-state index in [2.05, 4.69) is 21.2 Å². The van der Waals surface area contributed by atoms with Gasteiger partial charge < -0.3 is 10.2 Å². The molecular formula is C27H30ClN7O3. The van der Waals surface area contributed by atoms with Gasteiger partial charge in [-0.15, -0.1) is 0 Å². The Labute approximate surface area is 224 Å². The number of piperazine rings is 1.